The fourth-order valence-electron chi connectivity index (χ4n) is 1.64. The molecule has 1 aromatic carbocycles. The van der Waals surface area contributed by atoms with Crippen LogP contribution in [0.5, 0.6) is 0 Å². The van der Waals surface area contributed by atoms with Crippen LogP contribution in [0.1, 0.15) is 17.2 Å². The van der Waals surface area contributed by atoms with Gasteiger partial charge < -0.3 is 10.8 Å². The Hall–Kier alpha value is -1.41. The van der Waals surface area contributed by atoms with Crippen LogP contribution in [-0.2, 0) is 10.0 Å². The van der Waals surface area contributed by atoms with Gasteiger partial charge in [-0.3, -0.25) is 0 Å². The topological polar surface area (TPSA) is 92.4 Å². The molecule has 20 heavy (non-hydrogen) atoms. The summed E-state index contributed by atoms with van der Waals surface area (Å²) in [5, 5.41) is 13.5. The lowest BCUT2D eigenvalue weighted by Gasteiger charge is -2.12. The fourth-order valence-corrected chi connectivity index (χ4v) is 3.42. The van der Waals surface area contributed by atoms with Gasteiger partial charge in [-0.15, -0.1) is 0 Å². The lowest BCUT2D eigenvalue weighted by atomic mass is 10.2. The Morgan fingerprint density at radius 3 is 2.75 bits per heavy atom. The molecule has 2 rings (SSSR count). The lowest BCUT2D eigenvalue weighted by Crippen LogP contribution is -2.28. The molecule has 0 saturated carbocycles. The third-order valence-corrected chi connectivity index (χ3v) is 5.08. The molecule has 0 aliphatic heterocycles. The molecule has 0 aliphatic carbocycles. The summed E-state index contributed by atoms with van der Waals surface area (Å²) >= 11 is 1.45. The maximum absolute atomic E-state index is 12.1. The van der Waals surface area contributed by atoms with Gasteiger partial charge in [0.1, 0.15) is 0 Å². The van der Waals surface area contributed by atoms with E-state index < -0.39 is 16.1 Å². The van der Waals surface area contributed by atoms with Crippen molar-refractivity contribution in [1.29, 1.82) is 0 Å². The number of sulfonamides is 1. The van der Waals surface area contributed by atoms with Crippen LogP contribution >= 0.6 is 11.3 Å². The second-order valence-electron chi connectivity index (χ2n) is 4.44. The summed E-state index contributed by atoms with van der Waals surface area (Å²) in [6.07, 6.45) is -0.862. The highest BCUT2D eigenvalue weighted by molar-refractivity contribution is 7.89. The Labute approximate surface area is 122 Å². The second kappa shape index (κ2) is 5.92. The van der Waals surface area contributed by atoms with Crippen molar-refractivity contribution in [2.45, 2.75) is 17.9 Å². The van der Waals surface area contributed by atoms with Crippen LogP contribution in [0.3, 0.4) is 0 Å². The Bertz CT molecular complexity index is 682. The number of nitrogens with one attached hydrogen (secondary N) is 1. The quantitative estimate of drug-likeness (QED) is 0.732. The third kappa shape index (κ3) is 3.37. The van der Waals surface area contributed by atoms with Crippen molar-refractivity contribution < 1.29 is 13.5 Å². The molecule has 1 aromatic heterocycles. The molecule has 108 valence electrons. The zero-order chi connectivity index (χ0) is 14.8. The number of aryl methyl sites for hydroxylation is 1. The predicted octanol–water partition coefficient (Wildman–Crippen LogP) is 1.65. The first-order chi connectivity index (χ1) is 9.40. The first kappa shape index (κ1) is 15.0. The number of aliphatic hydroxyl groups is 1. The summed E-state index contributed by atoms with van der Waals surface area (Å²) in [7, 11) is -3.67. The van der Waals surface area contributed by atoms with Crippen molar-refractivity contribution in [3.63, 3.8) is 0 Å². The van der Waals surface area contributed by atoms with E-state index in [0.717, 1.165) is 5.56 Å². The molecular weight excluding hydrogens is 296 g/mol. The van der Waals surface area contributed by atoms with Gasteiger partial charge in [0.05, 0.1) is 11.0 Å². The summed E-state index contributed by atoms with van der Waals surface area (Å²) in [5.74, 6) is 0. The van der Waals surface area contributed by atoms with Gasteiger partial charge in [-0.05, 0) is 47.0 Å². The molecule has 5 nitrogen and oxygen atoms in total. The van der Waals surface area contributed by atoms with Gasteiger partial charge in [-0.25, -0.2) is 13.1 Å². The lowest BCUT2D eigenvalue weighted by molar-refractivity contribution is 0.182. The number of hydrogen-bond acceptors (Lipinski definition) is 5. The molecule has 0 saturated heterocycles. The maximum atomic E-state index is 12.1. The van der Waals surface area contributed by atoms with Crippen molar-refractivity contribution in [3.8, 4) is 0 Å². The van der Waals surface area contributed by atoms with E-state index in [0.29, 0.717) is 11.3 Å². The predicted molar refractivity (Wildman–Crippen MR) is 80.1 cm³/mol. The van der Waals surface area contributed by atoms with Gasteiger partial charge in [0.2, 0.25) is 10.0 Å². The van der Waals surface area contributed by atoms with Gasteiger partial charge in [0.15, 0.2) is 0 Å². The first-order valence-corrected chi connectivity index (χ1v) is 8.39. The number of nitrogens with two attached hydrogens (primary N) is 1. The zero-order valence-corrected chi connectivity index (χ0v) is 12.5. The summed E-state index contributed by atoms with van der Waals surface area (Å²) < 4.78 is 26.6. The summed E-state index contributed by atoms with van der Waals surface area (Å²) in [4.78, 5) is 0.0955. The van der Waals surface area contributed by atoms with Crippen LogP contribution in [-0.4, -0.2) is 20.1 Å². The minimum atomic E-state index is -3.67. The minimum absolute atomic E-state index is 0.0765. The van der Waals surface area contributed by atoms with Crippen LogP contribution in [0.15, 0.2) is 39.9 Å². The van der Waals surface area contributed by atoms with Gasteiger partial charge in [-0.2, -0.15) is 11.3 Å². The molecule has 0 radical (unpaired) electrons. The number of aliphatic hydroxyl groups excluding tert-OH is 1. The summed E-state index contributed by atoms with van der Waals surface area (Å²) in [5.41, 5.74) is 7.65. The molecule has 2 aromatic rings. The van der Waals surface area contributed by atoms with Crippen LogP contribution < -0.4 is 10.5 Å². The van der Waals surface area contributed by atoms with Crippen LogP contribution in [0.25, 0.3) is 0 Å². The van der Waals surface area contributed by atoms with E-state index in [1.165, 1.54) is 23.5 Å². The van der Waals surface area contributed by atoms with Crippen LogP contribution in [0.4, 0.5) is 5.69 Å². The number of nitrogen functional groups attached to an aromatic ring is 1. The van der Waals surface area contributed by atoms with Crippen molar-refractivity contribution >= 4 is 27.0 Å². The highest BCUT2D eigenvalue weighted by atomic mass is 32.2. The molecule has 4 N–H and O–H groups in total. The first-order valence-electron chi connectivity index (χ1n) is 5.96. The number of hydrogen-bond donors (Lipinski definition) is 3. The van der Waals surface area contributed by atoms with E-state index in [2.05, 4.69) is 4.72 Å². The third-order valence-electron chi connectivity index (χ3n) is 2.96. The summed E-state index contributed by atoms with van der Waals surface area (Å²) in [6.45, 7) is 1.73. The number of anilines is 1. The SMILES string of the molecule is Cc1ccc(S(=O)(=O)NCC(O)c2ccsc2)cc1N. The van der Waals surface area contributed by atoms with E-state index in [-0.39, 0.29) is 11.4 Å². The number of benzene rings is 1. The van der Waals surface area contributed by atoms with Crippen molar-refractivity contribution in [2.24, 2.45) is 0 Å². The Morgan fingerprint density at radius 2 is 2.15 bits per heavy atom. The summed E-state index contributed by atoms with van der Waals surface area (Å²) in [6, 6.07) is 6.31. The average molecular weight is 312 g/mol. The monoisotopic (exact) mass is 312 g/mol. The molecule has 0 bridgehead atoms. The molecule has 1 unspecified atom stereocenters. The van der Waals surface area contributed by atoms with Crippen molar-refractivity contribution in [1.82, 2.24) is 4.72 Å². The van der Waals surface area contributed by atoms with E-state index in [1.807, 2.05) is 5.38 Å². The minimum Gasteiger partial charge on any atom is -0.398 e. The standard InChI is InChI=1S/C13H16N2O3S2/c1-9-2-3-11(6-12(9)14)20(17,18)15-7-13(16)10-4-5-19-8-10/h2-6,8,13,15-16H,7,14H2,1H3. The van der Waals surface area contributed by atoms with Gasteiger partial charge in [0.25, 0.3) is 0 Å². The molecule has 1 heterocycles. The molecular formula is C13H16N2O3S2. The van der Waals surface area contributed by atoms with Gasteiger partial charge in [-0.1, -0.05) is 6.07 Å². The molecule has 7 heteroatoms. The van der Waals surface area contributed by atoms with E-state index in [4.69, 9.17) is 5.73 Å². The molecule has 1 atom stereocenters. The highest BCUT2D eigenvalue weighted by Gasteiger charge is 2.17. The van der Waals surface area contributed by atoms with Crippen LogP contribution in [0.2, 0.25) is 0 Å². The smallest absolute Gasteiger partial charge is 0.240 e. The van der Waals surface area contributed by atoms with E-state index >= 15 is 0 Å². The average Bonchev–Trinajstić information content (AvgIpc) is 2.93. The van der Waals surface area contributed by atoms with Crippen molar-refractivity contribution in [3.05, 3.63) is 46.2 Å². The zero-order valence-electron chi connectivity index (χ0n) is 10.9. The van der Waals surface area contributed by atoms with Crippen LogP contribution in [0, 0.1) is 6.92 Å². The molecule has 0 spiro atoms. The van der Waals surface area contributed by atoms with E-state index in [9.17, 15) is 13.5 Å². The molecule has 0 fully saturated rings. The maximum Gasteiger partial charge on any atom is 0.240 e. The Kier molecular flexibility index (Phi) is 4.44. The highest BCUT2D eigenvalue weighted by Crippen LogP contribution is 2.19. The Balaban J connectivity index is 2.09. The number of rotatable bonds is 5. The largest absolute Gasteiger partial charge is 0.398 e. The van der Waals surface area contributed by atoms with E-state index in [1.54, 1.807) is 24.4 Å². The van der Waals surface area contributed by atoms with Gasteiger partial charge >= 0.3 is 0 Å². The van der Waals surface area contributed by atoms with Gasteiger partial charge in [0, 0.05) is 12.2 Å². The van der Waals surface area contributed by atoms with Crippen molar-refractivity contribution in [2.75, 3.05) is 12.3 Å². The fraction of sp³-hybridized carbons (Fsp3) is 0.231. The Morgan fingerprint density at radius 1 is 1.40 bits per heavy atom. The second-order valence-corrected chi connectivity index (χ2v) is 6.99. The normalized spacial score (nSPS) is 13.3. The molecule has 0 aliphatic rings. The number of thiophene rings is 1. The molecule has 0 amide bonds.